The van der Waals surface area contributed by atoms with Gasteiger partial charge in [-0.3, -0.25) is 0 Å². The van der Waals surface area contributed by atoms with Crippen molar-refractivity contribution in [3.63, 3.8) is 0 Å². The van der Waals surface area contributed by atoms with Gasteiger partial charge in [-0.2, -0.15) is 0 Å². The lowest BCUT2D eigenvalue weighted by Crippen LogP contribution is -2.06. The number of hydrogen-bond donors (Lipinski definition) is 0. The summed E-state index contributed by atoms with van der Waals surface area (Å²) < 4.78 is 5.03. The third-order valence-corrected chi connectivity index (χ3v) is 2.09. The molecule has 0 atom stereocenters. The van der Waals surface area contributed by atoms with Crippen LogP contribution in [0.2, 0.25) is 0 Å². The summed E-state index contributed by atoms with van der Waals surface area (Å²) >= 11 is 0. The van der Waals surface area contributed by atoms with Gasteiger partial charge in [0.25, 0.3) is 0 Å². The lowest BCUT2D eigenvalue weighted by molar-refractivity contribution is -0.136. The molecule has 0 aromatic heterocycles. The fourth-order valence-electron chi connectivity index (χ4n) is 1.38. The third kappa shape index (κ3) is 3.92. The quantitative estimate of drug-likeness (QED) is 0.379. The lowest BCUT2D eigenvalue weighted by atomic mass is 10.0. The Kier molecular flexibility index (Phi) is 4.30. The van der Waals surface area contributed by atoms with E-state index in [-0.39, 0.29) is 5.97 Å². The zero-order chi connectivity index (χ0) is 9.52. The third-order valence-electron chi connectivity index (χ3n) is 2.09. The molecule has 0 aromatic carbocycles. The van der Waals surface area contributed by atoms with Crippen molar-refractivity contribution in [2.75, 3.05) is 6.61 Å². The van der Waals surface area contributed by atoms with Gasteiger partial charge >= 0.3 is 5.97 Å². The summed E-state index contributed by atoms with van der Waals surface area (Å²) in [5.41, 5.74) is 1.27. The Balaban J connectivity index is 2.25. The van der Waals surface area contributed by atoms with Gasteiger partial charge in [0.15, 0.2) is 0 Å². The molecule has 72 valence electrons. The minimum atomic E-state index is -0.242. The maximum absolute atomic E-state index is 10.9. The molecule has 1 rings (SSSR count). The van der Waals surface area contributed by atoms with Crippen LogP contribution in [-0.2, 0) is 9.53 Å². The maximum Gasteiger partial charge on any atom is 0.330 e. The van der Waals surface area contributed by atoms with Gasteiger partial charge in [-0.05, 0) is 38.2 Å². The minimum absolute atomic E-state index is 0.242. The van der Waals surface area contributed by atoms with Crippen LogP contribution < -0.4 is 0 Å². The van der Waals surface area contributed by atoms with Crippen LogP contribution >= 0.6 is 0 Å². The molecule has 0 bridgehead atoms. The van der Waals surface area contributed by atoms with Crippen LogP contribution in [0.3, 0.4) is 0 Å². The molecule has 0 unspecified atom stereocenters. The Bertz CT molecular complexity index is 226. The van der Waals surface area contributed by atoms with Crippen LogP contribution in [0.4, 0.5) is 0 Å². The van der Waals surface area contributed by atoms with E-state index in [0.29, 0.717) is 6.61 Å². The molecule has 0 spiro atoms. The van der Waals surface area contributed by atoms with Crippen LogP contribution in [0.15, 0.2) is 23.8 Å². The van der Waals surface area contributed by atoms with E-state index < -0.39 is 0 Å². The topological polar surface area (TPSA) is 26.3 Å². The number of ether oxygens (including phenoxy) is 1. The minimum Gasteiger partial charge on any atom is -0.458 e. The van der Waals surface area contributed by atoms with Crippen LogP contribution in [0, 0.1) is 0 Å². The zero-order valence-corrected chi connectivity index (χ0v) is 8.08. The molecule has 1 aliphatic carbocycles. The molecule has 0 saturated carbocycles. The van der Waals surface area contributed by atoms with E-state index >= 15 is 0 Å². The summed E-state index contributed by atoms with van der Waals surface area (Å²) in [6.07, 6.45) is 10.0. The first-order valence-electron chi connectivity index (χ1n) is 4.80. The molecular weight excluding hydrogens is 164 g/mol. The fourth-order valence-corrected chi connectivity index (χ4v) is 1.38. The molecule has 0 aromatic rings. The number of carbonyl (C=O) groups excluding carboxylic acids is 1. The Morgan fingerprint density at radius 1 is 1.62 bits per heavy atom. The van der Waals surface area contributed by atoms with E-state index in [1.165, 1.54) is 24.5 Å². The van der Waals surface area contributed by atoms with E-state index in [2.05, 4.69) is 6.08 Å². The number of carbonyl (C=O) groups is 1. The highest BCUT2D eigenvalue weighted by Gasteiger charge is 2.05. The van der Waals surface area contributed by atoms with E-state index in [4.69, 9.17) is 4.74 Å². The summed E-state index contributed by atoms with van der Waals surface area (Å²) in [6, 6.07) is 0. The zero-order valence-electron chi connectivity index (χ0n) is 8.08. The Labute approximate surface area is 79.3 Å². The first-order chi connectivity index (χ1) is 6.33. The van der Waals surface area contributed by atoms with Crippen molar-refractivity contribution in [2.45, 2.75) is 32.6 Å². The fraction of sp³-hybridized carbons (Fsp3) is 0.545. The largest absolute Gasteiger partial charge is 0.458 e. The van der Waals surface area contributed by atoms with Crippen molar-refractivity contribution in [2.24, 2.45) is 0 Å². The van der Waals surface area contributed by atoms with Crippen LogP contribution in [0.5, 0.6) is 0 Å². The number of esters is 1. The number of hydrogen-bond acceptors (Lipinski definition) is 2. The number of allylic oxidation sites excluding steroid dienone is 2. The monoisotopic (exact) mass is 180 g/mol. The van der Waals surface area contributed by atoms with Crippen LogP contribution in [0.1, 0.15) is 32.6 Å². The molecule has 0 aliphatic heterocycles. The summed E-state index contributed by atoms with van der Waals surface area (Å²) in [5, 5.41) is 0. The van der Waals surface area contributed by atoms with E-state index in [0.717, 1.165) is 12.8 Å². The van der Waals surface area contributed by atoms with E-state index in [1.54, 1.807) is 13.0 Å². The molecule has 0 N–H and O–H groups in total. The van der Waals surface area contributed by atoms with Crippen LogP contribution in [-0.4, -0.2) is 12.6 Å². The maximum atomic E-state index is 10.9. The summed E-state index contributed by atoms with van der Waals surface area (Å²) in [7, 11) is 0. The molecule has 0 heterocycles. The van der Waals surface area contributed by atoms with Crippen molar-refractivity contribution >= 4 is 5.97 Å². The SMILES string of the molecule is C/C=C/C(=O)OCC1=CCCCC1. The van der Waals surface area contributed by atoms with Crippen molar-refractivity contribution in [1.29, 1.82) is 0 Å². The standard InChI is InChI=1S/C11H16O2/c1-2-6-11(12)13-9-10-7-4-3-5-8-10/h2,6-7H,3-5,8-9H2,1H3/b6-2+. The highest BCUT2D eigenvalue weighted by Crippen LogP contribution is 2.17. The molecule has 2 nitrogen and oxygen atoms in total. The van der Waals surface area contributed by atoms with Crippen molar-refractivity contribution < 1.29 is 9.53 Å². The van der Waals surface area contributed by atoms with Crippen molar-refractivity contribution in [1.82, 2.24) is 0 Å². The van der Waals surface area contributed by atoms with Gasteiger partial charge < -0.3 is 4.74 Å². The molecule has 2 heteroatoms. The molecule has 0 amide bonds. The average Bonchev–Trinajstić information content (AvgIpc) is 2.17. The van der Waals surface area contributed by atoms with Crippen LogP contribution in [0.25, 0.3) is 0 Å². The summed E-state index contributed by atoms with van der Waals surface area (Å²) in [4.78, 5) is 10.9. The van der Waals surface area contributed by atoms with E-state index in [9.17, 15) is 4.79 Å². The van der Waals surface area contributed by atoms with Gasteiger partial charge in [-0.25, -0.2) is 4.79 Å². The van der Waals surface area contributed by atoms with Gasteiger partial charge in [0.05, 0.1) is 0 Å². The second-order valence-electron chi connectivity index (χ2n) is 3.22. The van der Waals surface area contributed by atoms with Gasteiger partial charge in [0.2, 0.25) is 0 Å². The molecule has 13 heavy (non-hydrogen) atoms. The number of rotatable bonds is 3. The predicted molar refractivity (Wildman–Crippen MR) is 52.3 cm³/mol. The van der Waals surface area contributed by atoms with Gasteiger partial charge in [-0.15, -0.1) is 0 Å². The Morgan fingerprint density at radius 2 is 2.46 bits per heavy atom. The van der Waals surface area contributed by atoms with Gasteiger partial charge in [0.1, 0.15) is 6.61 Å². The predicted octanol–water partition coefficient (Wildman–Crippen LogP) is 2.61. The van der Waals surface area contributed by atoms with Gasteiger partial charge in [-0.1, -0.05) is 12.2 Å². The summed E-state index contributed by atoms with van der Waals surface area (Å²) in [5.74, 6) is -0.242. The van der Waals surface area contributed by atoms with E-state index in [1.807, 2.05) is 0 Å². The molecular formula is C11H16O2. The summed E-state index contributed by atoms with van der Waals surface area (Å²) in [6.45, 7) is 2.28. The Morgan fingerprint density at radius 3 is 3.08 bits per heavy atom. The molecule has 1 aliphatic rings. The Hall–Kier alpha value is -1.05. The van der Waals surface area contributed by atoms with Gasteiger partial charge in [0, 0.05) is 6.08 Å². The first-order valence-corrected chi connectivity index (χ1v) is 4.80. The first kappa shape index (κ1) is 10.0. The smallest absolute Gasteiger partial charge is 0.330 e. The molecule has 0 saturated heterocycles. The molecule has 0 fully saturated rings. The van der Waals surface area contributed by atoms with Crippen molar-refractivity contribution in [3.8, 4) is 0 Å². The van der Waals surface area contributed by atoms with Crippen molar-refractivity contribution in [3.05, 3.63) is 23.8 Å². The average molecular weight is 180 g/mol. The molecule has 0 radical (unpaired) electrons. The normalized spacial score (nSPS) is 17.2. The lowest BCUT2D eigenvalue weighted by Gasteiger charge is -2.11. The highest BCUT2D eigenvalue weighted by atomic mass is 16.5. The highest BCUT2D eigenvalue weighted by molar-refractivity contribution is 5.81. The second kappa shape index (κ2) is 5.57. The second-order valence-corrected chi connectivity index (χ2v) is 3.22.